The Morgan fingerprint density at radius 3 is 2.33 bits per heavy atom. The molecule has 0 radical (unpaired) electrons. The van der Waals surface area contributed by atoms with Crippen molar-refractivity contribution in [1.29, 1.82) is 0 Å². The van der Waals surface area contributed by atoms with Crippen LogP contribution in [0.5, 0.6) is 0 Å². The van der Waals surface area contributed by atoms with Crippen LogP contribution in [0.2, 0.25) is 10.0 Å². The van der Waals surface area contributed by atoms with E-state index in [0.717, 1.165) is 22.6 Å². The second kappa shape index (κ2) is 6.05. The number of hydrogen-bond donors (Lipinski definition) is 0. The molecule has 0 fully saturated rings. The molecule has 0 aromatic heterocycles. The molecule has 94 valence electrons. The molecular weight excluding hydrogens is 338 g/mol. The minimum absolute atomic E-state index is 0.0942. The number of rotatable bonds is 3. The standard InChI is InChI=1S/C14H10BrCl2F/c15-12(7-9-1-4-11(16)5-2-9)10-3-6-14(18)13(17)8-10/h1-6,8,12H,7H2. The van der Waals surface area contributed by atoms with Crippen LogP contribution in [-0.4, -0.2) is 0 Å². The fourth-order valence-electron chi connectivity index (χ4n) is 1.65. The monoisotopic (exact) mass is 346 g/mol. The quantitative estimate of drug-likeness (QED) is 0.614. The Bertz CT molecular complexity index is 540. The van der Waals surface area contributed by atoms with Gasteiger partial charge in [0.05, 0.1) is 5.02 Å². The van der Waals surface area contributed by atoms with Crippen molar-refractivity contribution >= 4 is 39.1 Å². The van der Waals surface area contributed by atoms with Crippen molar-refractivity contribution in [1.82, 2.24) is 0 Å². The molecule has 0 aliphatic carbocycles. The lowest BCUT2D eigenvalue weighted by Gasteiger charge is -2.11. The van der Waals surface area contributed by atoms with E-state index in [0.29, 0.717) is 0 Å². The first-order valence-corrected chi connectivity index (χ1v) is 7.07. The first-order chi connectivity index (χ1) is 8.56. The van der Waals surface area contributed by atoms with Crippen LogP contribution in [-0.2, 0) is 6.42 Å². The molecule has 2 aromatic rings. The Morgan fingerprint density at radius 2 is 1.72 bits per heavy atom. The van der Waals surface area contributed by atoms with Crippen molar-refractivity contribution in [3.63, 3.8) is 0 Å². The molecule has 0 aliphatic heterocycles. The Kier molecular flexibility index (Phi) is 4.66. The van der Waals surface area contributed by atoms with Crippen molar-refractivity contribution in [2.45, 2.75) is 11.2 Å². The smallest absolute Gasteiger partial charge is 0.141 e. The summed E-state index contributed by atoms with van der Waals surface area (Å²) >= 11 is 15.2. The van der Waals surface area contributed by atoms with Crippen LogP contribution in [0.1, 0.15) is 16.0 Å². The van der Waals surface area contributed by atoms with E-state index in [4.69, 9.17) is 23.2 Å². The van der Waals surface area contributed by atoms with Gasteiger partial charge in [-0.1, -0.05) is 57.3 Å². The van der Waals surface area contributed by atoms with Crippen molar-refractivity contribution in [3.8, 4) is 0 Å². The van der Waals surface area contributed by atoms with Gasteiger partial charge in [-0.3, -0.25) is 0 Å². The molecule has 0 aliphatic rings. The van der Waals surface area contributed by atoms with Crippen molar-refractivity contribution < 1.29 is 4.39 Å². The zero-order valence-electron chi connectivity index (χ0n) is 9.34. The van der Waals surface area contributed by atoms with Gasteiger partial charge in [0.15, 0.2) is 0 Å². The molecule has 1 atom stereocenters. The van der Waals surface area contributed by atoms with Gasteiger partial charge in [-0.25, -0.2) is 4.39 Å². The SMILES string of the molecule is Fc1ccc(C(Br)Cc2ccc(Cl)cc2)cc1Cl. The Labute approximate surface area is 124 Å². The summed E-state index contributed by atoms with van der Waals surface area (Å²) in [5.74, 6) is -0.397. The maximum absolute atomic E-state index is 13.1. The average molecular weight is 348 g/mol. The van der Waals surface area contributed by atoms with Crippen LogP contribution < -0.4 is 0 Å². The van der Waals surface area contributed by atoms with E-state index in [1.165, 1.54) is 6.07 Å². The molecule has 2 rings (SSSR count). The molecule has 4 heteroatoms. The van der Waals surface area contributed by atoms with E-state index in [2.05, 4.69) is 15.9 Å². The second-order valence-corrected chi connectivity index (χ2v) is 5.92. The lowest BCUT2D eigenvalue weighted by Crippen LogP contribution is -1.96. The third-order valence-electron chi connectivity index (χ3n) is 2.63. The van der Waals surface area contributed by atoms with Gasteiger partial charge in [0.1, 0.15) is 5.82 Å². The summed E-state index contributed by atoms with van der Waals surface area (Å²) in [6.07, 6.45) is 0.791. The Morgan fingerprint density at radius 1 is 1.06 bits per heavy atom. The molecule has 2 aromatic carbocycles. The van der Waals surface area contributed by atoms with Crippen LogP contribution in [0, 0.1) is 5.82 Å². The summed E-state index contributed by atoms with van der Waals surface area (Å²) in [7, 11) is 0. The molecule has 0 N–H and O–H groups in total. The van der Waals surface area contributed by atoms with E-state index in [-0.39, 0.29) is 9.85 Å². The number of halogens is 4. The molecule has 0 saturated heterocycles. The van der Waals surface area contributed by atoms with Crippen LogP contribution in [0.4, 0.5) is 4.39 Å². The molecule has 0 saturated carbocycles. The number of alkyl halides is 1. The Hall–Kier alpha value is -0.570. The molecule has 1 unspecified atom stereocenters. The first kappa shape index (κ1) is 13.9. The summed E-state index contributed by atoms with van der Waals surface area (Å²) in [4.78, 5) is 0.0942. The third-order valence-corrected chi connectivity index (χ3v) is 4.03. The van der Waals surface area contributed by atoms with Crippen molar-refractivity contribution in [2.75, 3.05) is 0 Å². The summed E-state index contributed by atoms with van der Waals surface area (Å²) in [5, 5.41) is 0.864. The van der Waals surface area contributed by atoms with E-state index < -0.39 is 5.82 Å². The summed E-state index contributed by atoms with van der Waals surface area (Å²) < 4.78 is 13.1. The van der Waals surface area contributed by atoms with Crippen molar-refractivity contribution in [3.05, 3.63) is 69.5 Å². The molecule has 0 amide bonds. The van der Waals surface area contributed by atoms with Crippen molar-refractivity contribution in [2.24, 2.45) is 0 Å². The maximum Gasteiger partial charge on any atom is 0.141 e. The summed E-state index contributed by atoms with van der Waals surface area (Å²) in [6.45, 7) is 0. The minimum Gasteiger partial charge on any atom is -0.205 e. The summed E-state index contributed by atoms with van der Waals surface area (Å²) in [6, 6.07) is 12.4. The second-order valence-electron chi connectivity index (χ2n) is 3.97. The highest BCUT2D eigenvalue weighted by atomic mass is 79.9. The third kappa shape index (κ3) is 3.47. The minimum atomic E-state index is -0.397. The van der Waals surface area contributed by atoms with E-state index in [9.17, 15) is 4.39 Å². The molecule has 0 bridgehead atoms. The van der Waals surface area contributed by atoms with Gasteiger partial charge in [-0.2, -0.15) is 0 Å². The largest absolute Gasteiger partial charge is 0.205 e. The zero-order chi connectivity index (χ0) is 13.1. The summed E-state index contributed by atoms with van der Waals surface area (Å²) in [5.41, 5.74) is 2.11. The normalized spacial score (nSPS) is 12.4. The predicted octanol–water partition coefficient (Wildman–Crippen LogP) is 5.81. The zero-order valence-corrected chi connectivity index (χ0v) is 12.4. The van der Waals surface area contributed by atoms with Crippen LogP contribution in [0.25, 0.3) is 0 Å². The number of hydrogen-bond acceptors (Lipinski definition) is 0. The molecule has 0 nitrogen and oxygen atoms in total. The van der Waals surface area contributed by atoms with Gasteiger partial charge in [-0.15, -0.1) is 0 Å². The maximum atomic E-state index is 13.1. The molecule has 0 spiro atoms. The molecule has 0 heterocycles. The first-order valence-electron chi connectivity index (χ1n) is 5.40. The van der Waals surface area contributed by atoms with Crippen LogP contribution in [0.15, 0.2) is 42.5 Å². The van der Waals surface area contributed by atoms with E-state index in [1.807, 2.05) is 24.3 Å². The highest BCUT2D eigenvalue weighted by molar-refractivity contribution is 9.09. The Balaban J connectivity index is 2.13. The van der Waals surface area contributed by atoms with E-state index in [1.54, 1.807) is 12.1 Å². The van der Waals surface area contributed by atoms with Gasteiger partial charge in [-0.05, 0) is 41.8 Å². The van der Waals surface area contributed by atoms with E-state index >= 15 is 0 Å². The lowest BCUT2D eigenvalue weighted by atomic mass is 10.0. The predicted molar refractivity (Wildman–Crippen MR) is 78.2 cm³/mol. The van der Waals surface area contributed by atoms with Gasteiger partial charge >= 0.3 is 0 Å². The highest BCUT2D eigenvalue weighted by Gasteiger charge is 2.10. The van der Waals surface area contributed by atoms with Gasteiger partial charge in [0.2, 0.25) is 0 Å². The molecular formula is C14H10BrCl2F. The lowest BCUT2D eigenvalue weighted by molar-refractivity contribution is 0.627. The van der Waals surface area contributed by atoms with Gasteiger partial charge in [0.25, 0.3) is 0 Å². The van der Waals surface area contributed by atoms with Crippen LogP contribution in [0.3, 0.4) is 0 Å². The average Bonchev–Trinajstić information content (AvgIpc) is 2.35. The van der Waals surface area contributed by atoms with Gasteiger partial charge in [0, 0.05) is 9.85 Å². The van der Waals surface area contributed by atoms with Gasteiger partial charge < -0.3 is 0 Å². The van der Waals surface area contributed by atoms with Crippen LogP contribution >= 0.6 is 39.1 Å². The molecule has 18 heavy (non-hydrogen) atoms. The topological polar surface area (TPSA) is 0 Å². The fourth-order valence-corrected chi connectivity index (χ4v) is 2.63. The number of benzene rings is 2. The highest BCUT2D eigenvalue weighted by Crippen LogP contribution is 2.30. The fraction of sp³-hybridized carbons (Fsp3) is 0.143.